The molecule has 2 saturated heterocycles. The van der Waals surface area contributed by atoms with Gasteiger partial charge in [-0.15, -0.1) is 0 Å². The van der Waals surface area contributed by atoms with E-state index < -0.39 is 0 Å². The zero-order chi connectivity index (χ0) is 7.68. The van der Waals surface area contributed by atoms with Gasteiger partial charge < -0.3 is 10.4 Å². The van der Waals surface area contributed by atoms with Crippen LogP contribution in [0.25, 0.3) is 0 Å². The van der Waals surface area contributed by atoms with Crippen LogP contribution >= 0.6 is 0 Å². The van der Waals surface area contributed by atoms with Gasteiger partial charge in [-0.1, -0.05) is 0 Å². The highest BCUT2D eigenvalue weighted by atomic mass is 16.3. The SMILES string of the molecule is OCC1CN2CCC[C@H]2CN1. The Labute approximate surface area is 67.4 Å². The normalized spacial score (nSPS) is 39.0. The smallest absolute Gasteiger partial charge is 0.0597 e. The molecular weight excluding hydrogens is 140 g/mol. The minimum atomic E-state index is 0.281. The number of nitrogens with zero attached hydrogens (tertiary/aromatic N) is 1. The van der Waals surface area contributed by atoms with Crippen LogP contribution in [0.4, 0.5) is 0 Å². The molecule has 2 rings (SSSR count). The number of nitrogens with one attached hydrogen (secondary N) is 1. The van der Waals surface area contributed by atoms with Gasteiger partial charge in [0.15, 0.2) is 0 Å². The van der Waals surface area contributed by atoms with Crippen molar-refractivity contribution in [3.05, 3.63) is 0 Å². The van der Waals surface area contributed by atoms with Gasteiger partial charge in [0.2, 0.25) is 0 Å². The van der Waals surface area contributed by atoms with E-state index in [4.69, 9.17) is 5.11 Å². The van der Waals surface area contributed by atoms with Crippen LogP contribution in [0.2, 0.25) is 0 Å². The second kappa shape index (κ2) is 3.09. The Kier molecular flexibility index (Phi) is 2.11. The quantitative estimate of drug-likeness (QED) is 0.533. The number of aliphatic hydroxyl groups excluding tert-OH is 1. The molecule has 2 atom stereocenters. The Bertz CT molecular complexity index is 140. The maximum absolute atomic E-state index is 8.92. The van der Waals surface area contributed by atoms with Crippen molar-refractivity contribution in [1.82, 2.24) is 10.2 Å². The largest absolute Gasteiger partial charge is 0.395 e. The summed E-state index contributed by atoms with van der Waals surface area (Å²) in [5.74, 6) is 0. The summed E-state index contributed by atoms with van der Waals surface area (Å²) in [6, 6.07) is 1.09. The summed E-state index contributed by atoms with van der Waals surface area (Å²) in [6.45, 7) is 3.64. The molecule has 0 aliphatic carbocycles. The molecule has 0 aromatic heterocycles. The fraction of sp³-hybridized carbons (Fsp3) is 1.00. The number of piperazine rings is 1. The van der Waals surface area contributed by atoms with Gasteiger partial charge in [-0.3, -0.25) is 4.90 Å². The Morgan fingerprint density at radius 1 is 1.55 bits per heavy atom. The van der Waals surface area contributed by atoms with Gasteiger partial charge in [-0.2, -0.15) is 0 Å². The first-order chi connectivity index (χ1) is 5.40. The number of hydrogen-bond acceptors (Lipinski definition) is 3. The van der Waals surface area contributed by atoms with Crippen molar-refractivity contribution < 1.29 is 5.11 Å². The molecule has 64 valence electrons. The number of fused-ring (bicyclic) bond motifs is 1. The van der Waals surface area contributed by atoms with Gasteiger partial charge in [0.25, 0.3) is 0 Å². The van der Waals surface area contributed by atoms with Gasteiger partial charge in [-0.05, 0) is 19.4 Å². The average Bonchev–Trinajstić information content (AvgIpc) is 2.50. The van der Waals surface area contributed by atoms with Crippen LogP contribution in [-0.2, 0) is 0 Å². The van der Waals surface area contributed by atoms with E-state index in [9.17, 15) is 0 Å². The van der Waals surface area contributed by atoms with Crippen LogP contribution in [-0.4, -0.2) is 48.3 Å². The zero-order valence-corrected chi connectivity index (χ0v) is 6.79. The summed E-state index contributed by atoms with van der Waals surface area (Å²) in [5, 5.41) is 12.3. The first kappa shape index (κ1) is 7.53. The monoisotopic (exact) mass is 156 g/mol. The zero-order valence-electron chi connectivity index (χ0n) is 6.79. The van der Waals surface area contributed by atoms with E-state index in [2.05, 4.69) is 10.2 Å². The molecule has 2 aliphatic heterocycles. The Morgan fingerprint density at radius 3 is 3.27 bits per heavy atom. The highest BCUT2D eigenvalue weighted by Gasteiger charge is 2.30. The number of hydrogen-bond donors (Lipinski definition) is 2. The molecule has 2 N–H and O–H groups in total. The predicted molar refractivity (Wildman–Crippen MR) is 43.5 cm³/mol. The van der Waals surface area contributed by atoms with Crippen LogP contribution in [0.5, 0.6) is 0 Å². The van der Waals surface area contributed by atoms with Gasteiger partial charge >= 0.3 is 0 Å². The van der Waals surface area contributed by atoms with Gasteiger partial charge in [-0.25, -0.2) is 0 Å². The summed E-state index contributed by atoms with van der Waals surface area (Å²) in [5.41, 5.74) is 0. The molecule has 0 saturated carbocycles. The summed E-state index contributed by atoms with van der Waals surface area (Å²) in [7, 11) is 0. The molecule has 0 radical (unpaired) electrons. The van der Waals surface area contributed by atoms with Gasteiger partial charge in [0, 0.05) is 25.2 Å². The molecule has 0 bridgehead atoms. The fourth-order valence-electron chi connectivity index (χ4n) is 2.14. The van der Waals surface area contributed by atoms with Crippen LogP contribution in [0.1, 0.15) is 12.8 Å². The van der Waals surface area contributed by atoms with Crippen molar-refractivity contribution in [2.24, 2.45) is 0 Å². The fourth-order valence-corrected chi connectivity index (χ4v) is 2.14. The minimum absolute atomic E-state index is 0.281. The first-order valence-corrected chi connectivity index (χ1v) is 4.48. The third-order valence-corrected chi connectivity index (χ3v) is 2.82. The summed E-state index contributed by atoms with van der Waals surface area (Å²) in [4.78, 5) is 2.50. The van der Waals surface area contributed by atoms with Crippen LogP contribution in [0.3, 0.4) is 0 Å². The van der Waals surface area contributed by atoms with Crippen LogP contribution in [0, 0.1) is 0 Å². The van der Waals surface area contributed by atoms with Crippen molar-refractivity contribution in [2.75, 3.05) is 26.2 Å². The van der Waals surface area contributed by atoms with Crippen molar-refractivity contribution >= 4 is 0 Å². The number of rotatable bonds is 1. The molecule has 0 aromatic carbocycles. The average molecular weight is 156 g/mol. The molecule has 0 amide bonds. The third-order valence-electron chi connectivity index (χ3n) is 2.82. The van der Waals surface area contributed by atoms with Crippen molar-refractivity contribution in [1.29, 1.82) is 0 Å². The lowest BCUT2D eigenvalue weighted by molar-refractivity contribution is 0.130. The molecule has 3 heteroatoms. The maximum atomic E-state index is 8.92. The highest BCUT2D eigenvalue weighted by Crippen LogP contribution is 2.19. The Hall–Kier alpha value is -0.120. The molecule has 11 heavy (non-hydrogen) atoms. The Morgan fingerprint density at radius 2 is 2.45 bits per heavy atom. The Balaban J connectivity index is 1.91. The van der Waals surface area contributed by atoms with Crippen LogP contribution in [0.15, 0.2) is 0 Å². The van der Waals surface area contributed by atoms with E-state index in [-0.39, 0.29) is 6.61 Å². The molecular formula is C8H16N2O. The lowest BCUT2D eigenvalue weighted by Gasteiger charge is -2.35. The van der Waals surface area contributed by atoms with E-state index in [0.29, 0.717) is 6.04 Å². The van der Waals surface area contributed by atoms with Crippen molar-refractivity contribution in [3.8, 4) is 0 Å². The maximum Gasteiger partial charge on any atom is 0.0597 e. The van der Waals surface area contributed by atoms with Gasteiger partial charge in [0.1, 0.15) is 0 Å². The van der Waals surface area contributed by atoms with Gasteiger partial charge in [0.05, 0.1) is 6.61 Å². The standard InChI is InChI=1S/C8H16N2O/c11-6-7-5-10-3-1-2-8(10)4-9-7/h7-9,11H,1-6H2/t7?,8-/m0/s1. The van der Waals surface area contributed by atoms with Crippen molar-refractivity contribution in [2.45, 2.75) is 24.9 Å². The van der Waals surface area contributed by atoms with E-state index in [1.165, 1.54) is 19.4 Å². The molecule has 0 aromatic rings. The molecule has 2 fully saturated rings. The lowest BCUT2D eigenvalue weighted by atomic mass is 10.1. The molecule has 3 nitrogen and oxygen atoms in total. The van der Waals surface area contributed by atoms with Crippen LogP contribution < -0.4 is 5.32 Å². The second-order valence-electron chi connectivity index (χ2n) is 3.58. The van der Waals surface area contributed by atoms with E-state index in [1.54, 1.807) is 0 Å². The molecule has 0 spiro atoms. The van der Waals surface area contributed by atoms with E-state index >= 15 is 0 Å². The summed E-state index contributed by atoms with van der Waals surface area (Å²) < 4.78 is 0. The predicted octanol–water partition coefficient (Wildman–Crippen LogP) is -0.585. The molecule has 2 aliphatic rings. The second-order valence-corrected chi connectivity index (χ2v) is 3.58. The minimum Gasteiger partial charge on any atom is -0.395 e. The topological polar surface area (TPSA) is 35.5 Å². The van der Waals surface area contributed by atoms with E-state index in [0.717, 1.165) is 19.1 Å². The number of aliphatic hydroxyl groups is 1. The lowest BCUT2D eigenvalue weighted by Crippen LogP contribution is -2.55. The summed E-state index contributed by atoms with van der Waals surface area (Å²) >= 11 is 0. The van der Waals surface area contributed by atoms with Crippen molar-refractivity contribution in [3.63, 3.8) is 0 Å². The van der Waals surface area contributed by atoms with E-state index in [1.807, 2.05) is 0 Å². The third kappa shape index (κ3) is 1.41. The first-order valence-electron chi connectivity index (χ1n) is 4.48. The summed E-state index contributed by atoms with van der Waals surface area (Å²) in [6.07, 6.45) is 2.68. The molecule has 1 unspecified atom stereocenters. The molecule has 2 heterocycles. The highest BCUT2D eigenvalue weighted by molar-refractivity contribution is 4.89.